The molecular formula is C20H21Cl3N2O4S2. The summed E-state index contributed by atoms with van der Waals surface area (Å²) in [5.41, 5.74) is 1.09. The van der Waals surface area contributed by atoms with Crippen molar-refractivity contribution in [2.24, 2.45) is 0 Å². The van der Waals surface area contributed by atoms with E-state index in [0.717, 1.165) is 5.56 Å². The Morgan fingerprint density at radius 2 is 1.74 bits per heavy atom. The van der Waals surface area contributed by atoms with Crippen molar-refractivity contribution in [3.05, 3.63) is 62.6 Å². The van der Waals surface area contributed by atoms with E-state index in [1.54, 1.807) is 30.0 Å². The van der Waals surface area contributed by atoms with Gasteiger partial charge in [-0.05, 0) is 35.9 Å². The SMILES string of the molecule is O=C(NCCSCc1c(Cl)cccc1Cl)c1ccc(Cl)c(S(=O)(=O)N2CCOCC2)c1. The lowest BCUT2D eigenvalue weighted by molar-refractivity contribution is 0.0730. The van der Waals surface area contributed by atoms with Crippen molar-refractivity contribution in [3.63, 3.8) is 0 Å². The number of morpholine rings is 1. The van der Waals surface area contributed by atoms with Gasteiger partial charge in [-0.1, -0.05) is 40.9 Å². The molecule has 2 aromatic carbocycles. The van der Waals surface area contributed by atoms with Crippen LogP contribution in [0.3, 0.4) is 0 Å². The molecule has 0 aliphatic carbocycles. The molecule has 168 valence electrons. The van der Waals surface area contributed by atoms with Crippen molar-refractivity contribution in [1.29, 1.82) is 0 Å². The van der Waals surface area contributed by atoms with Gasteiger partial charge in [-0.3, -0.25) is 4.79 Å². The van der Waals surface area contributed by atoms with Crippen molar-refractivity contribution in [1.82, 2.24) is 9.62 Å². The molecule has 2 aromatic rings. The lowest BCUT2D eigenvalue weighted by Gasteiger charge is -2.26. The highest BCUT2D eigenvalue weighted by molar-refractivity contribution is 7.98. The molecule has 11 heteroatoms. The van der Waals surface area contributed by atoms with E-state index in [4.69, 9.17) is 39.5 Å². The number of hydrogen-bond acceptors (Lipinski definition) is 5. The molecule has 0 spiro atoms. The van der Waals surface area contributed by atoms with Gasteiger partial charge in [-0.25, -0.2) is 8.42 Å². The maximum absolute atomic E-state index is 12.9. The maximum atomic E-state index is 12.9. The van der Waals surface area contributed by atoms with Crippen molar-refractivity contribution in [2.75, 3.05) is 38.6 Å². The van der Waals surface area contributed by atoms with Crippen LogP contribution in [0.4, 0.5) is 0 Å². The molecule has 0 bridgehead atoms. The fraction of sp³-hybridized carbons (Fsp3) is 0.350. The van der Waals surface area contributed by atoms with Crippen LogP contribution in [0.5, 0.6) is 0 Å². The molecule has 0 radical (unpaired) electrons. The summed E-state index contributed by atoms with van der Waals surface area (Å²) in [6, 6.07) is 9.62. The predicted molar refractivity (Wildman–Crippen MR) is 126 cm³/mol. The highest BCUT2D eigenvalue weighted by Gasteiger charge is 2.29. The topological polar surface area (TPSA) is 75.7 Å². The van der Waals surface area contributed by atoms with Crippen LogP contribution >= 0.6 is 46.6 Å². The average Bonchev–Trinajstić information content (AvgIpc) is 2.76. The van der Waals surface area contributed by atoms with E-state index < -0.39 is 10.0 Å². The van der Waals surface area contributed by atoms with Crippen molar-refractivity contribution in [2.45, 2.75) is 10.6 Å². The van der Waals surface area contributed by atoms with Gasteiger partial charge in [0.1, 0.15) is 4.90 Å². The Balaban J connectivity index is 1.58. The molecule has 0 aromatic heterocycles. The van der Waals surface area contributed by atoms with Gasteiger partial charge in [0.15, 0.2) is 0 Å². The number of ether oxygens (including phenoxy) is 1. The second-order valence-corrected chi connectivity index (χ2v) is 10.9. The number of nitrogens with one attached hydrogen (secondary N) is 1. The minimum Gasteiger partial charge on any atom is -0.379 e. The van der Waals surface area contributed by atoms with Crippen LogP contribution < -0.4 is 5.32 Å². The molecule has 1 heterocycles. The summed E-state index contributed by atoms with van der Waals surface area (Å²) >= 11 is 20.0. The molecule has 6 nitrogen and oxygen atoms in total. The largest absolute Gasteiger partial charge is 0.379 e. The number of hydrogen-bond donors (Lipinski definition) is 1. The highest BCUT2D eigenvalue weighted by Crippen LogP contribution is 2.28. The summed E-state index contributed by atoms with van der Waals surface area (Å²) in [4.78, 5) is 12.4. The molecule has 31 heavy (non-hydrogen) atoms. The van der Waals surface area contributed by atoms with Gasteiger partial charge in [-0.15, -0.1) is 0 Å². The third-order valence-electron chi connectivity index (χ3n) is 4.62. The van der Waals surface area contributed by atoms with E-state index in [1.165, 1.54) is 22.5 Å². The molecule has 1 saturated heterocycles. The van der Waals surface area contributed by atoms with Crippen LogP contribution in [0.15, 0.2) is 41.3 Å². The monoisotopic (exact) mass is 522 g/mol. The number of sulfonamides is 1. The molecule has 1 amide bonds. The van der Waals surface area contributed by atoms with E-state index in [-0.39, 0.29) is 34.5 Å². The summed E-state index contributed by atoms with van der Waals surface area (Å²) in [7, 11) is -3.80. The Kier molecular flexibility index (Phi) is 8.92. The van der Waals surface area contributed by atoms with E-state index in [1.807, 2.05) is 0 Å². The zero-order valence-corrected chi connectivity index (χ0v) is 20.3. The molecule has 1 aliphatic heterocycles. The smallest absolute Gasteiger partial charge is 0.251 e. The first-order valence-electron chi connectivity index (χ1n) is 9.47. The number of nitrogens with zero attached hydrogens (tertiary/aromatic N) is 1. The third kappa shape index (κ3) is 6.28. The van der Waals surface area contributed by atoms with Crippen molar-refractivity contribution >= 4 is 62.5 Å². The van der Waals surface area contributed by atoms with E-state index in [9.17, 15) is 13.2 Å². The molecule has 0 unspecified atom stereocenters. The summed E-state index contributed by atoms with van der Waals surface area (Å²) < 4.78 is 32.3. The fourth-order valence-electron chi connectivity index (χ4n) is 2.95. The Morgan fingerprint density at radius 1 is 1.06 bits per heavy atom. The molecule has 1 fully saturated rings. The lowest BCUT2D eigenvalue weighted by atomic mass is 10.2. The quantitative estimate of drug-likeness (QED) is 0.521. The first kappa shape index (κ1) is 24.6. The minimum absolute atomic E-state index is 0.0774. The van der Waals surface area contributed by atoms with Crippen LogP contribution in [0.2, 0.25) is 15.1 Å². The first-order valence-corrected chi connectivity index (χ1v) is 13.2. The van der Waals surface area contributed by atoms with Crippen LogP contribution in [0, 0.1) is 0 Å². The molecule has 0 saturated carbocycles. The Morgan fingerprint density at radius 3 is 2.42 bits per heavy atom. The number of benzene rings is 2. The maximum Gasteiger partial charge on any atom is 0.251 e. The van der Waals surface area contributed by atoms with Crippen molar-refractivity contribution < 1.29 is 17.9 Å². The number of rotatable bonds is 8. The van der Waals surface area contributed by atoms with E-state index in [2.05, 4.69) is 5.32 Å². The van der Waals surface area contributed by atoms with Crippen LogP contribution in [0.25, 0.3) is 0 Å². The second kappa shape index (κ2) is 11.2. The summed E-state index contributed by atoms with van der Waals surface area (Å²) in [6.45, 7) is 1.56. The minimum atomic E-state index is -3.80. The summed E-state index contributed by atoms with van der Waals surface area (Å²) in [5, 5.41) is 4.09. The van der Waals surface area contributed by atoms with E-state index >= 15 is 0 Å². The highest BCUT2D eigenvalue weighted by atomic mass is 35.5. The Labute approximate surface area is 201 Å². The van der Waals surface area contributed by atoms with Crippen LogP contribution in [0.1, 0.15) is 15.9 Å². The zero-order chi connectivity index (χ0) is 22.4. The molecule has 0 atom stereocenters. The molecule has 1 N–H and O–H groups in total. The first-order chi connectivity index (χ1) is 14.8. The van der Waals surface area contributed by atoms with Gasteiger partial charge in [0.05, 0.1) is 18.2 Å². The number of amides is 1. The normalized spacial score (nSPS) is 15.1. The lowest BCUT2D eigenvalue weighted by Crippen LogP contribution is -2.40. The Hall–Kier alpha value is -1.00. The van der Waals surface area contributed by atoms with Gasteiger partial charge in [-0.2, -0.15) is 16.1 Å². The van der Waals surface area contributed by atoms with Gasteiger partial charge in [0.2, 0.25) is 10.0 Å². The van der Waals surface area contributed by atoms with Crippen molar-refractivity contribution in [3.8, 4) is 0 Å². The average molecular weight is 524 g/mol. The van der Waals surface area contributed by atoms with Crippen LogP contribution in [-0.4, -0.2) is 57.2 Å². The number of halogens is 3. The molecule has 3 rings (SSSR count). The fourth-order valence-corrected chi connectivity index (χ4v) is 6.46. The standard InChI is InChI=1S/C20H21Cl3N2O4S2/c21-16-2-1-3-17(22)15(16)13-30-11-6-24-20(26)14-4-5-18(23)19(12-14)31(27,28)25-7-9-29-10-8-25/h1-5,12H,6-11,13H2,(H,24,26). The predicted octanol–water partition coefficient (Wildman–Crippen LogP) is 4.33. The van der Waals surface area contributed by atoms with Gasteiger partial charge in [0, 0.05) is 46.7 Å². The molecule has 1 aliphatic rings. The third-order valence-corrected chi connectivity index (χ3v) is 8.70. The van der Waals surface area contributed by atoms with Gasteiger partial charge >= 0.3 is 0 Å². The van der Waals surface area contributed by atoms with Gasteiger partial charge in [0.25, 0.3) is 5.91 Å². The number of carbonyl (C=O) groups is 1. The number of carbonyl (C=O) groups excluding carboxylic acids is 1. The van der Waals surface area contributed by atoms with E-state index in [0.29, 0.717) is 41.3 Å². The van der Waals surface area contributed by atoms with Gasteiger partial charge < -0.3 is 10.1 Å². The zero-order valence-electron chi connectivity index (χ0n) is 16.4. The molecular weight excluding hydrogens is 503 g/mol. The summed E-state index contributed by atoms with van der Waals surface area (Å²) in [5.74, 6) is 0.892. The second-order valence-electron chi connectivity index (χ2n) is 6.67. The number of thioether (sulfide) groups is 1. The van der Waals surface area contributed by atoms with Crippen LogP contribution in [-0.2, 0) is 20.5 Å². The Bertz CT molecular complexity index is 1020. The summed E-state index contributed by atoms with van der Waals surface area (Å²) in [6.07, 6.45) is 0.